The van der Waals surface area contributed by atoms with E-state index < -0.39 is 12.0 Å². The average molecular weight is 623 g/mol. The topological polar surface area (TPSA) is 108 Å². The Labute approximate surface area is 244 Å². The summed E-state index contributed by atoms with van der Waals surface area (Å²) in [5.74, 6) is 1.07. The van der Waals surface area contributed by atoms with Crippen molar-refractivity contribution in [2.24, 2.45) is 0 Å². The van der Waals surface area contributed by atoms with E-state index in [1.165, 1.54) is 6.07 Å². The van der Waals surface area contributed by atoms with Crippen molar-refractivity contribution in [1.29, 1.82) is 0 Å². The van der Waals surface area contributed by atoms with Gasteiger partial charge in [0.25, 0.3) is 5.89 Å². The van der Waals surface area contributed by atoms with Crippen LogP contribution < -0.4 is 9.47 Å². The number of benzene rings is 2. The van der Waals surface area contributed by atoms with Crippen molar-refractivity contribution in [1.82, 2.24) is 15.1 Å². The Balaban J connectivity index is 1.48. The van der Waals surface area contributed by atoms with Gasteiger partial charge in [-0.1, -0.05) is 81.2 Å². The molecule has 0 bridgehead atoms. The molecule has 8 nitrogen and oxygen atoms in total. The van der Waals surface area contributed by atoms with Gasteiger partial charge < -0.3 is 19.1 Å². The van der Waals surface area contributed by atoms with Crippen molar-refractivity contribution in [3.05, 3.63) is 118 Å². The predicted molar refractivity (Wildman–Crippen MR) is 154 cm³/mol. The summed E-state index contributed by atoms with van der Waals surface area (Å²) in [6.45, 7) is 1.92. The second-order valence-corrected chi connectivity index (χ2v) is 10.6. The third kappa shape index (κ3) is 5.58. The minimum atomic E-state index is -0.938. The van der Waals surface area contributed by atoms with Crippen molar-refractivity contribution < 1.29 is 23.9 Å². The van der Waals surface area contributed by atoms with Crippen LogP contribution in [0.1, 0.15) is 38.8 Å². The maximum Gasteiger partial charge on any atom is 0.252 e. The SMILES string of the molecule is Cc1ccccc1C1=CC=CC(COc2cc(OCc3cccnc3)c(C=O)cc2Cl)(c2noc(CO)n2)C1Br. The zero-order chi connectivity index (χ0) is 28.1. The minimum absolute atomic E-state index is 0.0508. The number of carbonyl (C=O) groups excluding carboxylic acids is 1. The number of hydrogen-bond donors (Lipinski definition) is 1. The molecule has 1 aliphatic rings. The number of rotatable bonds is 10. The molecule has 40 heavy (non-hydrogen) atoms. The normalized spacial score (nSPS) is 18.3. The summed E-state index contributed by atoms with van der Waals surface area (Å²) >= 11 is 10.4. The second kappa shape index (κ2) is 12.2. The Kier molecular flexibility index (Phi) is 8.44. The molecule has 0 fully saturated rings. The van der Waals surface area contributed by atoms with Crippen LogP contribution in [-0.2, 0) is 18.6 Å². The van der Waals surface area contributed by atoms with Gasteiger partial charge in [0.15, 0.2) is 12.1 Å². The molecule has 0 amide bonds. The third-order valence-electron chi connectivity index (χ3n) is 6.65. The number of nitrogens with zero attached hydrogens (tertiary/aromatic N) is 3. The second-order valence-electron chi connectivity index (χ2n) is 9.25. The molecule has 2 unspecified atom stereocenters. The molecular weight excluding hydrogens is 598 g/mol. The van der Waals surface area contributed by atoms with E-state index in [4.69, 9.17) is 25.6 Å². The van der Waals surface area contributed by atoms with Gasteiger partial charge in [0.1, 0.15) is 36.7 Å². The number of hydrogen-bond acceptors (Lipinski definition) is 8. The molecule has 0 aliphatic heterocycles. The molecule has 10 heteroatoms. The van der Waals surface area contributed by atoms with Crippen molar-refractivity contribution >= 4 is 39.4 Å². The number of pyridine rings is 1. The lowest BCUT2D eigenvalue weighted by molar-refractivity contribution is 0.111. The summed E-state index contributed by atoms with van der Waals surface area (Å²) in [7, 11) is 0. The van der Waals surface area contributed by atoms with Crippen LogP contribution in [0.25, 0.3) is 5.57 Å². The van der Waals surface area contributed by atoms with Crippen molar-refractivity contribution in [2.45, 2.75) is 30.4 Å². The van der Waals surface area contributed by atoms with Gasteiger partial charge in [-0.2, -0.15) is 4.98 Å². The zero-order valence-electron chi connectivity index (χ0n) is 21.5. The number of aromatic nitrogens is 3. The van der Waals surface area contributed by atoms with E-state index in [1.807, 2.05) is 55.5 Å². The monoisotopic (exact) mass is 621 g/mol. The number of carbonyl (C=O) groups is 1. The van der Waals surface area contributed by atoms with Gasteiger partial charge in [-0.25, -0.2) is 0 Å². The van der Waals surface area contributed by atoms with Crippen LogP contribution in [0.5, 0.6) is 11.5 Å². The molecule has 204 valence electrons. The Morgan fingerprint density at radius 3 is 2.75 bits per heavy atom. The standard InChI is InChI=1S/C30H25BrClN3O5/c1-19-6-2-3-8-22(19)23-9-4-10-30(28(23)31,29-34-27(16-37)40-35-29)18-39-26-13-25(21(15-36)12-24(26)32)38-17-20-7-5-11-33-14-20/h2-15,28,37H,16-18H2,1H3. The van der Waals surface area contributed by atoms with Gasteiger partial charge in [0.2, 0.25) is 0 Å². The number of halogens is 2. The van der Waals surface area contributed by atoms with Crippen LogP contribution in [-0.4, -0.2) is 38.0 Å². The third-order valence-corrected chi connectivity index (χ3v) is 8.25. The first-order valence-corrected chi connectivity index (χ1v) is 13.7. The van der Waals surface area contributed by atoms with Crippen molar-refractivity contribution in [3.8, 4) is 11.5 Å². The molecule has 5 rings (SSSR count). The predicted octanol–water partition coefficient (Wildman–Crippen LogP) is 6.04. The largest absolute Gasteiger partial charge is 0.490 e. The Morgan fingerprint density at radius 2 is 2.02 bits per heavy atom. The van der Waals surface area contributed by atoms with E-state index >= 15 is 0 Å². The highest BCUT2D eigenvalue weighted by atomic mass is 79.9. The fourth-order valence-electron chi connectivity index (χ4n) is 4.49. The van der Waals surface area contributed by atoms with Crippen LogP contribution >= 0.6 is 27.5 Å². The first-order valence-electron chi connectivity index (χ1n) is 12.4. The van der Waals surface area contributed by atoms with E-state index in [2.05, 4.69) is 37.1 Å². The highest BCUT2D eigenvalue weighted by Gasteiger charge is 2.46. The lowest BCUT2D eigenvalue weighted by Crippen LogP contribution is -2.43. The molecule has 1 aliphatic carbocycles. The van der Waals surface area contributed by atoms with Crippen LogP contribution in [0, 0.1) is 6.92 Å². The number of aliphatic hydroxyl groups is 1. The molecular formula is C30H25BrClN3O5. The van der Waals surface area contributed by atoms with Gasteiger partial charge in [-0.15, -0.1) is 0 Å². The molecule has 4 aromatic rings. The Bertz CT molecular complexity index is 1570. The number of allylic oxidation sites excluding steroid dienone is 3. The maximum absolute atomic E-state index is 11.8. The van der Waals surface area contributed by atoms with Crippen molar-refractivity contribution in [2.75, 3.05) is 6.61 Å². The summed E-state index contributed by atoms with van der Waals surface area (Å²) in [6.07, 6.45) is 9.94. The van der Waals surface area contributed by atoms with Crippen LogP contribution in [0.3, 0.4) is 0 Å². The Morgan fingerprint density at radius 1 is 1.18 bits per heavy atom. The molecule has 2 aromatic carbocycles. The molecule has 1 N–H and O–H groups in total. The van der Waals surface area contributed by atoms with Gasteiger partial charge >= 0.3 is 0 Å². The summed E-state index contributed by atoms with van der Waals surface area (Å²) in [5, 5.41) is 14.0. The molecule has 2 atom stereocenters. The maximum atomic E-state index is 11.8. The van der Waals surface area contributed by atoms with Crippen LogP contribution in [0.4, 0.5) is 0 Å². The summed E-state index contributed by atoms with van der Waals surface area (Å²) in [4.78, 5) is 20.0. The molecule has 0 saturated carbocycles. The highest BCUT2D eigenvalue weighted by molar-refractivity contribution is 9.09. The van der Waals surface area contributed by atoms with Gasteiger partial charge in [-0.05, 0) is 35.8 Å². The van der Waals surface area contributed by atoms with Crippen LogP contribution in [0.15, 0.2) is 83.7 Å². The van der Waals surface area contributed by atoms with E-state index in [0.717, 1.165) is 22.3 Å². The summed E-state index contributed by atoms with van der Waals surface area (Å²) < 4.78 is 17.5. The molecule has 0 radical (unpaired) electrons. The number of aldehydes is 1. The Hall–Kier alpha value is -3.79. The summed E-state index contributed by atoms with van der Waals surface area (Å²) in [5.41, 5.74) is 3.37. The molecule has 0 saturated heterocycles. The molecule has 2 aromatic heterocycles. The fraction of sp³-hybridized carbons (Fsp3) is 0.200. The van der Waals surface area contributed by atoms with E-state index in [1.54, 1.807) is 18.5 Å². The van der Waals surface area contributed by atoms with Crippen molar-refractivity contribution in [3.63, 3.8) is 0 Å². The van der Waals surface area contributed by atoms with Crippen LogP contribution in [0.2, 0.25) is 5.02 Å². The smallest absolute Gasteiger partial charge is 0.252 e. The van der Waals surface area contributed by atoms with Gasteiger partial charge in [0, 0.05) is 24.0 Å². The number of aryl methyl sites for hydroxylation is 1. The number of aliphatic hydroxyl groups excluding tert-OH is 1. The fourth-order valence-corrected chi connectivity index (χ4v) is 5.61. The highest BCUT2D eigenvalue weighted by Crippen LogP contribution is 2.45. The number of alkyl halides is 1. The first kappa shape index (κ1) is 27.8. The van der Waals surface area contributed by atoms with E-state index in [9.17, 15) is 9.90 Å². The average Bonchev–Trinajstić information content (AvgIpc) is 3.47. The lowest BCUT2D eigenvalue weighted by Gasteiger charge is -2.36. The van der Waals surface area contributed by atoms with Gasteiger partial charge in [0.05, 0.1) is 15.4 Å². The number of ether oxygens (including phenoxy) is 2. The molecule has 0 spiro atoms. The zero-order valence-corrected chi connectivity index (χ0v) is 23.8. The van der Waals surface area contributed by atoms with Gasteiger partial charge in [-0.3, -0.25) is 9.78 Å². The van der Waals surface area contributed by atoms with E-state index in [0.29, 0.717) is 29.2 Å². The minimum Gasteiger partial charge on any atom is -0.490 e. The quantitative estimate of drug-likeness (QED) is 0.168. The van der Waals surface area contributed by atoms with E-state index in [-0.39, 0.29) is 29.0 Å². The summed E-state index contributed by atoms with van der Waals surface area (Å²) in [6, 6.07) is 14.9. The first-order chi connectivity index (χ1) is 19.4. The lowest BCUT2D eigenvalue weighted by atomic mass is 9.75. The molecule has 2 heterocycles.